The summed E-state index contributed by atoms with van der Waals surface area (Å²) in [5.74, 6) is -1.22. The smallest absolute Gasteiger partial charge is 0.328 e. The summed E-state index contributed by atoms with van der Waals surface area (Å²) >= 11 is 0. The maximum absolute atomic E-state index is 13.6. The number of hydrogen-bond donors (Lipinski definition) is 3. The zero-order valence-corrected chi connectivity index (χ0v) is 19.7. The number of nitrogens with one attached hydrogen (secondary N) is 1. The van der Waals surface area contributed by atoms with Crippen LogP contribution < -0.4 is 10.9 Å². The van der Waals surface area contributed by atoms with Gasteiger partial charge in [0.1, 0.15) is 6.04 Å². The second-order valence-electron chi connectivity index (χ2n) is 10.3. The number of benzene rings is 1. The number of hydrogen-bond acceptors (Lipinski definition) is 6. The highest BCUT2D eigenvalue weighted by molar-refractivity contribution is 5.79. The van der Waals surface area contributed by atoms with Crippen LogP contribution in [0.25, 0.3) is 11.0 Å². The van der Waals surface area contributed by atoms with Gasteiger partial charge in [0, 0.05) is 24.2 Å². The summed E-state index contributed by atoms with van der Waals surface area (Å²) < 4.78 is 1.85. The van der Waals surface area contributed by atoms with Crippen LogP contribution in [0, 0.1) is 0 Å². The zero-order chi connectivity index (χ0) is 23.7. The van der Waals surface area contributed by atoms with E-state index in [1.165, 1.54) is 57.8 Å². The number of carboxylic acid groups (broad SMARTS) is 1. The molecule has 1 aromatic heterocycles. The highest BCUT2D eigenvalue weighted by Gasteiger charge is 2.44. The van der Waals surface area contributed by atoms with Gasteiger partial charge in [-0.2, -0.15) is 0 Å². The number of piperidine rings is 1. The van der Waals surface area contributed by atoms with E-state index in [1.54, 1.807) is 0 Å². The Kier molecular flexibility index (Phi) is 6.88. The molecule has 184 valence electrons. The van der Waals surface area contributed by atoms with E-state index in [-0.39, 0.29) is 17.4 Å². The molecule has 1 aromatic carbocycles. The van der Waals surface area contributed by atoms with Gasteiger partial charge in [0.25, 0.3) is 5.56 Å². The number of aliphatic carboxylic acids is 1. The molecule has 3 N–H and O–H groups in total. The number of nitrogens with zero attached hydrogens (tertiary/aromatic N) is 3. The first kappa shape index (κ1) is 23.3. The monoisotopic (exact) mass is 468 g/mol. The number of aromatic nitrogens is 2. The van der Waals surface area contributed by atoms with Gasteiger partial charge in [0.15, 0.2) is 5.82 Å². The molecule has 34 heavy (non-hydrogen) atoms. The van der Waals surface area contributed by atoms with Crippen LogP contribution in [-0.2, 0) is 4.79 Å². The number of carboxylic acids is 1. The molecule has 3 aliphatic rings. The van der Waals surface area contributed by atoms with Crippen molar-refractivity contribution in [2.75, 3.05) is 11.9 Å². The van der Waals surface area contributed by atoms with E-state index in [0.717, 1.165) is 18.4 Å². The molecule has 0 amide bonds. The van der Waals surface area contributed by atoms with E-state index in [4.69, 9.17) is 0 Å². The normalized spacial score (nSPS) is 27.3. The molecule has 2 bridgehead atoms. The Morgan fingerprint density at radius 3 is 2.26 bits per heavy atom. The fourth-order valence-electron chi connectivity index (χ4n) is 6.69. The molecular formula is C26H36N4O4. The summed E-state index contributed by atoms with van der Waals surface area (Å²) in [4.78, 5) is 32.3. The van der Waals surface area contributed by atoms with Gasteiger partial charge in [-0.1, -0.05) is 44.2 Å². The highest BCUT2D eigenvalue weighted by atomic mass is 16.4. The maximum Gasteiger partial charge on any atom is 0.328 e. The SMILES string of the molecule is O=C(O)C(CO)Nc1nc2ccccc2n([C@@H]2C[C@H]3CC[C@@H](C2)N3C2CCCCCCC2)c1=O. The van der Waals surface area contributed by atoms with Crippen molar-refractivity contribution in [2.24, 2.45) is 0 Å². The fraction of sp³-hybridized carbons (Fsp3) is 0.654. The van der Waals surface area contributed by atoms with Gasteiger partial charge in [-0.3, -0.25) is 9.69 Å². The van der Waals surface area contributed by atoms with Crippen molar-refractivity contribution >= 4 is 22.8 Å². The van der Waals surface area contributed by atoms with Crippen LogP contribution in [0.3, 0.4) is 0 Å². The number of para-hydroxylation sites is 2. The standard InChI is InChI=1S/C26H36N4O4/c31-16-22(26(33)34)28-24-25(32)30(23-11-7-6-10-21(23)27-24)20-14-18-12-13-19(15-20)29(18)17-8-4-2-1-3-5-9-17/h6-7,10-11,17-20,22,31H,1-5,8-9,12-16H2,(H,27,28)(H,33,34)/t18-,19+,20-,22?. The highest BCUT2D eigenvalue weighted by Crippen LogP contribution is 2.44. The number of aliphatic hydroxyl groups excluding tert-OH is 1. The lowest BCUT2D eigenvalue weighted by Crippen LogP contribution is -2.50. The molecule has 3 heterocycles. The molecule has 0 spiro atoms. The first-order valence-corrected chi connectivity index (χ1v) is 13.0. The number of fused-ring (bicyclic) bond motifs is 3. The summed E-state index contributed by atoms with van der Waals surface area (Å²) in [6, 6.07) is 8.01. The van der Waals surface area contributed by atoms with Crippen LogP contribution in [0.1, 0.15) is 76.7 Å². The molecule has 2 saturated heterocycles. The zero-order valence-electron chi connectivity index (χ0n) is 19.7. The number of anilines is 1. The molecule has 1 aliphatic carbocycles. The van der Waals surface area contributed by atoms with Crippen molar-refractivity contribution in [2.45, 2.75) is 101 Å². The van der Waals surface area contributed by atoms with Gasteiger partial charge in [0.2, 0.25) is 0 Å². The molecule has 8 nitrogen and oxygen atoms in total. The molecule has 8 heteroatoms. The van der Waals surface area contributed by atoms with Crippen molar-refractivity contribution < 1.29 is 15.0 Å². The summed E-state index contributed by atoms with van der Waals surface area (Å²) in [5, 5.41) is 21.5. The van der Waals surface area contributed by atoms with E-state index in [0.29, 0.717) is 23.6 Å². The Labute approximate surface area is 200 Å². The summed E-state index contributed by atoms with van der Waals surface area (Å²) in [6.45, 7) is -0.618. The van der Waals surface area contributed by atoms with E-state index >= 15 is 0 Å². The third-order valence-corrected chi connectivity index (χ3v) is 8.21. The lowest BCUT2D eigenvalue weighted by Gasteiger charge is -2.45. The van der Waals surface area contributed by atoms with Crippen LogP contribution in [0.5, 0.6) is 0 Å². The van der Waals surface area contributed by atoms with Gasteiger partial charge in [-0.25, -0.2) is 9.78 Å². The van der Waals surface area contributed by atoms with Gasteiger partial charge in [-0.15, -0.1) is 0 Å². The predicted molar refractivity (Wildman–Crippen MR) is 131 cm³/mol. The van der Waals surface area contributed by atoms with E-state index in [1.807, 2.05) is 28.8 Å². The molecule has 5 rings (SSSR count). The van der Waals surface area contributed by atoms with E-state index < -0.39 is 18.6 Å². The largest absolute Gasteiger partial charge is 0.480 e. The van der Waals surface area contributed by atoms with Crippen LogP contribution in [0.2, 0.25) is 0 Å². The first-order valence-electron chi connectivity index (χ1n) is 13.0. The Hall–Kier alpha value is -2.45. The van der Waals surface area contributed by atoms with Crippen molar-refractivity contribution in [1.29, 1.82) is 0 Å². The Balaban J connectivity index is 1.46. The van der Waals surface area contributed by atoms with Crippen LogP contribution in [0.4, 0.5) is 5.82 Å². The first-order chi connectivity index (χ1) is 16.6. The lowest BCUT2D eigenvalue weighted by molar-refractivity contribution is -0.138. The van der Waals surface area contributed by atoms with Crippen LogP contribution >= 0.6 is 0 Å². The Morgan fingerprint density at radius 1 is 0.971 bits per heavy atom. The molecule has 4 atom stereocenters. The molecule has 1 unspecified atom stereocenters. The van der Waals surface area contributed by atoms with Gasteiger partial charge < -0.3 is 20.1 Å². The van der Waals surface area contributed by atoms with Crippen LogP contribution in [0.15, 0.2) is 29.1 Å². The molecular weight excluding hydrogens is 432 g/mol. The number of rotatable bonds is 6. The van der Waals surface area contributed by atoms with Crippen molar-refractivity contribution in [1.82, 2.24) is 14.5 Å². The third kappa shape index (κ3) is 4.45. The molecule has 2 aromatic rings. The third-order valence-electron chi connectivity index (χ3n) is 8.21. The summed E-state index contributed by atoms with van der Waals surface area (Å²) in [7, 11) is 0. The summed E-state index contributed by atoms with van der Waals surface area (Å²) in [6.07, 6.45) is 13.5. The number of carbonyl (C=O) groups is 1. The minimum atomic E-state index is -1.27. The Bertz CT molecular complexity index is 1060. The molecule has 3 fully saturated rings. The van der Waals surface area contributed by atoms with Crippen molar-refractivity contribution in [3.05, 3.63) is 34.6 Å². The number of aliphatic hydroxyl groups is 1. The Morgan fingerprint density at radius 2 is 1.62 bits per heavy atom. The topological polar surface area (TPSA) is 108 Å². The second-order valence-corrected chi connectivity index (χ2v) is 10.3. The van der Waals surface area contributed by atoms with Gasteiger partial charge >= 0.3 is 5.97 Å². The quantitative estimate of drug-likeness (QED) is 0.595. The van der Waals surface area contributed by atoms with E-state index in [2.05, 4.69) is 15.2 Å². The fourth-order valence-corrected chi connectivity index (χ4v) is 6.69. The van der Waals surface area contributed by atoms with Crippen LogP contribution in [-0.4, -0.2) is 61.4 Å². The molecule has 0 radical (unpaired) electrons. The average molecular weight is 469 g/mol. The van der Waals surface area contributed by atoms with Crippen molar-refractivity contribution in [3.8, 4) is 0 Å². The van der Waals surface area contributed by atoms with Crippen molar-refractivity contribution in [3.63, 3.8) is 0 Å². The van der Waals surface area contributed by atoms with Gasteiger partial charge in [0.05, 0.1) is 17.6 Å². The predicted octanol–water partition coefficient (Wildman–Crippen LogP) is 3.53. The second kappa shape index (κ2) is 10.0. The maximum atomic E-state index is 13.6. The summed E-state index contributed by atoms with van der Waals surface area (Å²) in [5.41, 5.74) is 1.14. The van der Waals surface area contributed by atoms with Gasteiger partial charge in [-0.05, 0) is 50.7 Å². The molecule has 1 saturated carbocycles. The average Bonchev–Trinajstić information content (AvgIpc) is 3.06. The minimum absolute atomic E-state index is 0.00468. The lowest BCUT2D eigenvalue weighted by atomic mass is 9.89. The molecule has 2 aliphatic heterocycles. The van der Waals surface area contributed by atoms with E-state index in [9.17, 15) is 19.8 Å². The minimum Gasteiger partial charge on any atom is -0.480 e.